The largest absolute Gasteiger partial charge is 0.416 e. The van der Waals surface area contributed by atoms with Gasteiger partial charge >= 0.3 is 6.18 Å². The Morgan fingerprint density at radius 1 is 0.307 bits per heavy atom. The number of aryl methyl sites for hydroxylation is 13. The Balaban J connectivity index is 0.000000429. The highest BCUT2D eigenvalue weighted by molar-refractivity contribution is 9.11. The third-order valence-corrected chi connectivity index (χ3v) is 14.7. The van der Waals surface area contributed by atoms with Gasteiger partial charge in [-0.05, 0) is 243 Å². The van der Waals surface area contributed by atoms with Crippen molar-refractivity contribution in [1.82, 2.24) is 0 Å². The molecule has 0 aliphatic carbocycles. The van der Waals surface area contributed by atoms with Gasteiger partial charge in [0.15, 0.2) is 0 Å². The predicted octanol–water partition coefficient (Wildman–Crippen LogP) is 24.1. The highest BCUT2D eigenvalue weighted by atomic mass is 79.9. The molecule has 402 valence electrons. The number of alkyl halides is 3. The monoisotopic (exact) mass is 1390 g/mol. The zero-order valence-corrected chi connectivity index (χ0v) is 53.7. The first-order chi connectivity index (χ1) is 34.8. The van der Waals surface area contributed by atoms with E-state index >= 15 is 0 Å². The van der Waals surface area contributed by atoms with Crippen molar-refractivity contribution in [2.45, 2.75) is 96.2 Å². The van der Waals surface area contributed by atoms with Crippen LogP contribution in [-0.2, 0) is 6.18 Å². The van der Waals surface area contributed by atoms with Gasteiger partial charge in [0.2, 0.25) is 0 Å². The fraction of sp³-hybridized carbons (Fsp3) is 0.226. The van der Waals surface area contributed by atoms with Crippen molar-refractivity contribution in [3.63, 3.8) is 0 Å². The average Bonchev–Trinajstić information content (AvgIpc) is 3.31. The number of halogens is 13. The Morgan fingerprint density at radius 3 is 0.973 bits per heavy atom. The summed E-state index contributed by atoms with van der Waals surface area (Å²) in [6.45, 7) is 25.3. The molecule has 8 aromatic rings. The van der Waals surface area contributed by atoms with Gasteiger partial charge in [0.1, 0.15) is 17.5 Å². The predicted molar refractivity (Wildman–Crippen MR) is 327 cm³/mol. The second kappa shape index (κ2) is 35.0. The summed E-state index contributed by atoms with van der Waals surface area (Å²) in [6, 6.07) is 42.8. The molecule has 0 radical (unpaired) electrons. The maximum Gasteiger partial charge on any atom is 0.416 e. The van der Waals surface area contributed by atoms with Gasteiger partial charge in [-0.25, -0.2) is 13.2 Å². The van der Waals surface area contributed by atoms with E-state index < -0.39 is 11.7 Å². The molecule has 13 heteroatoms. The van der Waals surface area contributed by atoms with Crippen molar-refractivity contribution in [3.05, 3.63) is 273 Å². The quantitative estimate of drug-likeness (QED) is 0.133. The van der Waals surface area contributed by atoms with E-state index in [1.54, 1.807) is 25.1 Å². The van der Waals surface area contributed by atoms with Gasteiger partial charge in [-0.2, -0.15) is 13.2 Å². The molecule has 0 bridgehead atoms. The first-order valence-electron chi connectivity index (χ1n) is 23.1. The zero-order valence-electron chi connectivity index (χ0n) is 44.3. The summed E-state index contributed by atoms with van der Waals surface area (Å²) in [5.74, 6) is -0.464. The van der Waals surface area contributed by atoms with Crippen molar-refractivity contribution in [2.75, 3.05) is 0 Å². The van der Waals surface area contributed by atoms with Crippen LogP contribution in [0.25, 0.3) is 0 Å². The molecule has 0 heterocycles. The van der Waals surface area contributed by atoms with Gasteiger partial charge in [0.25, 0.3) is 0 Å². The molecule has 0 atom stereocenters. The molecule has 8 rings (SSSR count). The summed E-state index contributed by atoms with van der Waals surface area (Å²) in [4.78, 5) is 0. The number of rotatable bonds is 0. The Bertz CT molecular complexity index is 2560. The first kappa shape index (κ1) is 69.3. The van der Waals surface area contributed by atoms with Crippen molar-refractivity contribution >= 4 is 103 Å². The normalized spacial score (nSPS) is 10.0. The molecule has 0 spiro atoms. The summed E-state index contributed by atoms with van der Waals surface area (Å²) in [7, 11) is 0. The van der Waals surface area contributed by atoms with Crippen LogP contribution in [0.15, 0.2) is 168 Å². The Morgan fingerprint density at radius 2 is 0.640 bits per heavy atom. The Hall–Kier alpha value is -3.68. The highest BCUT2D eigenvalue weighted by Crippen LogP contribution is 2.33. The van der Waals surface area contributed by atoms with Crippen LogP contribution in [0.5, 0.6) is 0 Å². The fourth-order valence-corrected chi connectivity index (χ4v) is 8.11. The molecule has 0 unspecified atom stereocenters. The molecule has 0 amide bonds. The van der Waals surface area contributed by atoms with Gasteiger partial charge < -0.3 is 0 Å². The Labute approximate surface area is 494 Å². The minimum atomic E-state index is -4.25. The lowest BCUT2D eigenvalue weighted by atomic mass is 10.1. The molecule has 0 saturated carbocycles. The smallest absolute Gasteiger partial charge is 0.207 e. The van der Waals surface area contributed by atoms with Gasteiger partial charge in [-0.1, -0.05) is 168 Å². The summed E-state index contributed by atoms with van der Waals surface area (Å²) in [5, 5.41) is 1.67. The molecule has 0 nitrogen and oxygen atoms in total. The molecule has 75 heavy (non-hydrogen) atoms. The SMILES string of the molecule is Cc1cc(Br)ccc1C(F)(F)F.Cc1cc(Br)ccc1Cl.Cc1cc(F)ccc1Br.Cc1ccc(Br)c(C)c1.Cc1ccc(Br)cc1C.Cc1ccc(Cl)c(C)c1.Cc1ccc(F)c(C)c1.Cc1ccc(F)cc1C. The molecule has 8 aromatic carbocycles. The van der Waals surface area contributed by atoms with E-state index in [4.69, 9.17) is 23.2 Å². The maximum atomic E-state index is 12.5. The van der Waals surface area contributed by atoms with Gasteiger partial charge in [-0.3, -0.25) is 0 Å². The molecule has 0 N–H and O–H groups in total. The number of benzene rings is 8. The van der Waals surface area contributed by atoms with Crippen LogP contribution >= 0.6 is 103 Å². The van der Waals surface area contributed by atoms with E-state index in [-0.39, 0.29) is 23.0 Å². The maximum absolute atomic E-state index is 12.5. The standard InChI is InChI=1S/C8H6BrF3.2C8H9Br.C8H9Cl.2C8H9F.C7H6BrCl.C7H6BrF/c1-5-4-6(9)2-3-7(5)8(10,11)12;1-6-3-4-8(9)5-7(6)2;2*1-6-3-4-8(9)7(2)5-6;1-6-3-4-8(9)5-7(6)2;1-6-3-4-8(9)7(2)5-6;1-5-4-6(8)2-3-7(5)9;1-5-4-6(9)2-3-7(5)8/h2-4H,1H3;5*3-5H,1-2H3;2*2-4H,1H3. The lowest BCUT2D eigenvalue weighted by Crippen LogP contribution is -2.06. The highest BCUT2D eigenvalue weighted by Gasteiger charge is 2.31. The van der Waals surface area contributed by atoms with Crippen LogP contribution in [0.2, 0.25) is 10.0 Å². The second-order valence-corrected chi connectivity index (χ2v) is 22.7. The summed E-state index contributed by atoms with van der Waals surface area (Å²) in [5.41, 5.74) is 13.4. The van der Waals surface area contributed by atoms with Crippen LogP contribution in [0.3, 0.4) is 0 Å². The summed E-state index contributed by atoms with van der Waals surface area (Å²) in [6.07, 6.45) is -4.25. The van der Waals surface area contributed by atoms with E-state index in [1.165, 1.54) is 81.7 Å². The molecule has 0 aliphatic heterocycles. The molecule has 0 saturated heterocycles. The molecular weight excluding hydrogens is 1330 g/mol. The summed E-state index contributed by atoms with van der Waals surface area (Å²) >= 11 is 28.1. The first-order valence-corrected chi connectivity index (χ1v) is 27.8. The third kappa shape index (κ3) is 29.0. The van der Waals surface area contributed by atoms with Gasteiger partial charge in [0.05, 0.1) is 5.56 Å². The Kier molecular flexibility index (Phi) is 32.3. The van der Waals surface area contributed by atoms with Crippen molar-refractivity contribution in [1.29, 1.82) is 0 Å². The van der Waals surface area contributed by atoms with Crippen molar-refractivity contribution in [3.8, 4) is 0 Å². The third-order valence-electron chi connectivity index (χ3n) is 10.6. The minimum absolute atomic E-state index is 0.124. The molecule has 0 fully saturated rings. The van der Waals surface area contributed by atoms with Crippen LogP contribution in [0.1, 0.15) is 77.9 Å². The fourth-order valence-electron chi connectivity index (χ4n) is 5.95. The summed E-state index contributed by atoms with van der Waals surface area (Å²) < 4.78 is 78.7. The topological polar surface area (TPSA) is 0 Å². The van der Waals surface area contributed by atoms with E-state index in [0.717, 1.165) is 68.5 Å². The minimum Gasteiger partial charge on any atom is -0.207 e. The lowest BCUT2D eigenvalue weighted by molar-refractivity contribution is -0.138. The van der Waals surface area contributed by atoms with Crippen LogP contribution in [-0.4, -0.2) is 0 Å². The molecular formula is C62H63Br5Cl2F6. The number of hydrogen-bond acceptors (Lipinski definition) is 0. The van der Waals surface area contributed by atoms with Crippen LogP contribution in [0, 0.1) is 107 Å². The van der Waals surface area contributed by atoms with Gasteiger partial charge in [-0.15, -0.1) is 0 Å². The molecule has 0 aliphatic rings. The van der Waals surface area contributed by atoms with Crippen molar-refractivity contribution < 1.29 is 26.3 Å². The second-order valence-electron chi connectivity index (χ2n) is 17.5. The van der Waals surface area contributed by atoms with E-state index in [0.29, 0.717) is 4.47 Å². The zero-order chi connectivity index (χ0) is 57.3. The average molecular weight is 1390 g/mol. The lowest BCUT2D eigenvalue weighted by Gasteiger charge is -2.09. The van der Waals surface area contributed by atoms with Crippen LogP contribution in [0.4, 0.5) is 26.3 Å². The van der Waals surface area contributed by atoms with E-state index in [9.17, 15) is 26.3 Å². The van der Waals surface area contributed by atoms with Crippen molar-refractivity contribution in [2.24, 2.45) is 0 Å². The molecule has 0 aromatic heterocycles. The van der Waals surface area contributed by atoms with Gasteiger partial charge in [0, 0.05) is 32.4 Å². The number of hydrogen-bond donors (Lipinski definition) is 0. The van der Waals surface area contributed by atoms with E-state index in [2.05, 4.69) is 157 Å². The van der Waals surface area contributed by atoms with Crippen LogP contribution < -0.4 is 0 Å². The van der Waals surface area contributed by atoms with E-state index in [1.807, 2.05) is 77.9 Å².